The maximum atomic E-state index is 13.1. The zero-order valence-corrected chi connectivity index (χ0v) is 10.2. The Bertz CT molecular complexity index is 455. The molecule has 0 amide bonds. The second kappa shape index (κ2) is 7.41. The van der Waals surface area contributed by atoms with E-state index < -0.39 is 5.82 Å². The van der Waals surface area contributed by atoms with Gasteiger partial charge in [-0.05, 0) is 30.7 Å². The molecule has 5 heteroatoms. The Labute approximate surface area is 105 Å². The predicted molar refractivity (Wildman–Crippen MR) is 64.1 cm³/mol. The van der Waals surface area contributed by atoms with E-state index in [0.29, 0.717) is 25.3 Å². The maximum Gasteiger partial charge on any atom is 0.307 e. The molecule has 1 rings (SSSR count). The van der Waals surface area contributed by atoms with Crippen LogP contribution >= 0.6 is 0 Å². The van der Waals surface area contributed by atoms with Gasteiger partial charge in [0.2, 0.25) is 0 Å². The van der Waals surface area contributed by atoms with Gasteiger partial charge in [-0.25, -0.2) is 4.39 Å². The lowest BCUT2D eigenvalue weighted by molar-refractivity contribution is -0.142. The number of carbonyl (C=O) groups is 1. The number of halogens is 1. The monoisotopic (exact) mass is 250 g/mol. The Kier molecular flexibility index (Phi) is 5.81. The first-order valence-corrected chi connectivity index (χ1v) is 5.71. The van der Waals surface area contributed by atoms with Crippen molar-refractivity contribution in [2.24, 2.45) is 0 Å². The molecule has 0 fully saturated rings. The lowest BCUT2D eigenvalue weighted by Gasteiger charge is -2.05. The van der Waals surface area contributed by atoms with Gasteiger partial charge in [0.05, 0.1) is 24.7 Å². The SMILES string of the molecule is CCOC(=O)CCNCc1cc(F)cc(C#N)c1. The minimum Gasteiger partial charge on any atom is -0.466 e. The van der Waals surface area contributed by atoms with Gasteiger partial charge in [0.1, 0.15) is 5.82 Å². The highest BCUT2D eigenvalue weighted by Gasteiger charge is 2.02. The molecule has 0 bridgehead atoms. The van der Waals surface area contributed by atoms with E-state index in [0.717, 1.165) is 0 Å². The summed E-state index contributed by atoms with van der Waals surface area (Å²) in [5, 5.41) is 11.7. The van der Waals surface area contributed by atoms with Crippen LogP contribution in [0.2, 0.25) is 0 Å². The van der Waals surface area contributed by atoms with E-state index in [-0.39, 0.29) is 18.0 Å². The summed E-state index contributed by atoms with van der Waals surface area (Å²) in [5.74, 6) is -0.696. The van der Waals surface area contributed by atoms with Gasteiger partial charge >= 0.3 is 5.97 Å². The van der Waals surface area contributed by atoms with E-state index in [1.807, 2.05) is 6.07 Å². The van der Waals surface area contributed by atoms with Crippen LogP contribution in [-0.4, -0.2) is 19.1 Å². The molecular formula is C13H15FN2O2. The van der Waals surface area contributed by atoms with E-state index >= 15 is 0 Å². The van der Waals surface area contributed by atoms with Crippen molar-refractivity contribution in [3.63, 3.8) is 0 Å². The number of nitrogens with zero attached hydrogens (tertiary/aromatic N) is 1. The van der Waals surface area contributed by atoms with Crippen LogP contribution in [0, 0.1) is 17.1 Å². The molecule has 1 aromatic carbocycles. The van der Waals surface area contributed by atoms with Gasteiger partial charge in [-0.2, -0.15) is 5.26 Å². The Morgan fingerprint density at radius 2 is 2.28 bits per heavy atom. The van der Waals surface area contributed by atoms with Crippen molar-refractivity contribution in [2.45, 2.75) is 19.9 Å². The molecule has 4 nitrogen and oxygen atoms in total. The van der Waals surface area contributed by atoms with Crippen LogP contribution in [0.1, 0.15) is 24.5 Å². The van der Waals surface area contributed by atoms with Gasteiger partial charge < -0.3 is 10.1 Å². The molecule has 0 unspecified atom stereocenters. The highest BCUT2D eigenvalue weighted by molar-refractivity contribution is 5.69. The van der Waals surface area contributed by atoms with Crippen LogP contribution in [0.4, 0.5) is 4.39 Å². The van der Waals surface area contributed by atoms with Crippen LogP contribution < -0.4 is 5.32 Å². The summed E-state index contributed by atoms with van der Waals surface area (Å²) in [4.78, 5) is 11.0. The standard InChI is InChI=1S/C13H15FN2O2/c1-2-18-13(17)3-4-16-9-11-5-10(8-15)6-12(14)7-11/h5-7,16H,2-4,9H2,1H3. The third kappa shape index (κ3) is 4.93. The number of nitrogens with one attached hydrogen (secondary N) is 1. The fraction of sp³-hybridized carbons (Fsp3) is 0.385. The summed E-state index contributed by atoms with van der Waals surface area (Å²) in [7, 11) is 0. The second-order valence-corrected chi connectivity index (χ2v) is 3.69. The Morgan fingerprint density at radius 3 is 2.94 bits per heavy atom. The normalized spacial score (nSPS) is 9.83. The molecule has 0 radical (unpaired) electrons. The molecule has 0 aliphatic heterocycles. The molecule has 0 spiro atoms. The molecular weight excluding hydrogens is 235 g/mol. The minimum atomic E-state index is -0.434. The maximum absolute atomic E-state index is 13.1. The van der Waals surface area contributed by atoms with E-state index in [2.05, 4.69) is 5.32 Å². The predicted octanol–water partition coefficient (Wildman–Crippen LogP) is 1.74. The third-order valence-corrected chi connectivity index (χ3v) is 2.23. The Balaban J connectivity index is 2.38. The molecule has 96 valence electrons. The highest BCUT2D eigenvalue weighted by atomic mass is 19.1. The number of esters is 1. The van der Waals surface area contributed by atoms with Crippen molar-refractivity contribution in [2.75, 3.05) is 13.2 Å². The number of carbonyl (C=O) groups excluding carboxylic acids is 1. The van der Waals surface area contributed by atoms with Crippen molar-refractivity contribution >= 4 is 5.97 Å². The van der Waals surface area contributed by atoms with Crippen molar-refractivity contribution in [1.29, 1.82) is 5.26 Å². The van der Waals surface area contributed by atoms with E-state index in [1.165, 1.54) is 12.1 Å². The van der Waals surface area contributed by atoms with Crippen molar-refractivity contribution in [3.05, 3.63) is 35.1 Å². The van der Waals surface area contributed by atoms with Gasteiger partial charge in [-0.1, -0.05) is 0 Å². The number of rotatable bonds is 6. The first-order valence-electron chi connectivity index (χ1n) is 5.71. The number of nitriles is 1. The topological polar surface area (TPSA) is 62.1 Å². The van der Waals surface area contributed by atoms with Crippen LogP contribution in [0.5, 0.6) is 0 Å². The van der Waals surface area contributed by atoms with Crippen LogP contribution in [0.15, 0.2) is 18.2 Å². The number of hydrogen-bond acceptors (Lipinski definition) is 4. The van der Waals surface area contributed by atoms with Crippen molar-refractivity contribution in [3.8, 4) is 6.07 Å². The largest absolute Gasteiger partial charge is 0.466 e. The summed E-state index contributed by atoms with van der Waals surface area (Å²) < 4.78 is 17.9. The lowest BCUT2D eigenvalue weighted by atomic mass is 10.1. The molecule has 0 saturated heterocycles. The molecule has 0 aliphatic rings. The van der Waals surface area contributed by atoms with Crippen LogP contribution in [-0.2, 0) is 16.1 Å². The van der Waals surface area contributed by atoms with Crippen LogP contribution in [0.25, 0.3) is 0 Å². The Morgan fingerprint density at radius 1 is 1.50 bits per heavy atom. The summed E-state index contributed by atoms with van der Waals surface area (Å²) >= 11 is 0. The van der Waals surface area contributed by atoms with Gasteiger partial charge in [-0.3, -0.25) is 4.79 Å². The van der Waals surface area contributed by atoms with Crippen molar-refractivity contribution < 1.29 is 13.9 Å². The van der Waals surface area contributed by atoms with Gasteiger partial charge in [0.25, 0.3) is 0 Å². The number of ether oxygens (including phenoxy) is 1. The minimum absolute atomic E-state index is 0.262. The Hall–Kier alpha value is -1.93. The zero-order valence-electron chi connectivity index (χ0n) is 10.2. The number of hydrogen-bond donors (Lipinski definition) is 1. The van der Waals surface area contributed by atoms with Gasteiger partial charge in [0, 0.05) is 13.1 Å². The summed E-state index contributed by atoms with van der Waals surface area (Å²) in [6, 6.07) is 6.05. The molecule has 1 aromatic rings. The molecule has 0 saturated carbocycles. The molecule has 0 atom stereocenters. The average Bonchev–Trinajstić information content (AvgIpc) is 2.34. The summed E-state index contributed by atoms with van der Waals surface area (Å²) in [6.07, 6.45) is 0.272. The van der Waals surface area contributed by atoms with Crippen molar-refractivity contribution in [1.82, 2.24) is 5.32 Å². The van der Waals surface area contributed by atoms with Crippen LogP contribution in [0.3, 0.4) is 0 Å². The average molecular weight is 250 g/mol. The molecule has 18 heavy (non-hydrogen) atoms. The zero-order chi connectivity index (χ0) is 13.4. The van der Waals surface area contributed by atoms with E-state index in [1.54, 1.807) is 13.0 Å². The van der Waals surface area contributed by atoms with E-state index in [4.69, 9.17) is 10.00 Å². The third-order valence-electron chi connectivity index (χ3n) is 2.23. The first-order chi connectivity index (χ1) is 8.65. The van der Waals surface area contributed by atoms with E-state index in [9.17, 15) is 9.18 Å². The molecule has 0 heterocycles. The summed E-state index contributed by atoms with van der Waals surface area (Å²) in [5.41, 5.74) is 0.965. The van der Waals surface area contributed by atoms with Gasteiger partial charge in [-0.15, -0.1) is 0 Å². The summed E-state index contributed by atoms with van der Waals surface area (Å²) in [6.45, 7) is 2.98. The fourth-order valence-electron chi connectivity index (χ4n) is 1.47. The first kappa shape index (κ1) is 14.1. The quantitative estimate of drug-likeness (QED) is 0.617. The molecule has 0 aromatic heterocycles. The lowest BCUT2D eigenvalue weighted by Crippen LogP contribution is -2.19. The molecule has 1 N–H and O–H groups in total. The number of benzene rings is 1. The highest BCUT2D eigenvalue weighted by Crippen LogP contribution is 2.08. The second-order valence-electron chi connectivity index (χ2n) is 3.69. The van der Waals surface area contributed by atoms with Gasteiger partial charge in [0.15, 0.2) is 0 Å². The molecule has 0 aliphatic carbocycles. The fourth-order valence-corrected chi connectivity index (χ4v) is 1.47. The smallest absolute Gasteiger partial charge is 0.307 e.